The van der Waals surface area contributed by atoms with Crippen LogP contribution in [0.3, 0.4) is 0 Å². The van der Waals surface area contributed by atoms with Crippen LogP contribution in [0, 0.1) is 0 Å². The molecule has 1 heteroatoms. The molecule has 3 aromatic rings. The van der Waals surface area contributed by atoms with E-state index in [0.29, 0.717) is 5.75 Å². The van der Waals surface area contributed by atoms with Gasteiger partial charge in [0.15, 0.2) is 0 Å². The number of aromatic hydroxyl groups is 1. The summed E-state index contributed by atoms with van der Waals surface area (Å²) in [5, 5.41) is 9.47. The van der Waals surface area contributed by atoms with Gasteiger partial charge < -0.3 is 5.11 Å². The van der Waals surface area contributed by atoms with Gasteiger partial charge in [-0.2, -0.15) is 0 Å². The average molecular weight is 274 g/mol. The first-order valence-corrected chi connectivity index (χ1v) is 7.23. The van der Waals surface area contributed by atoms with E-state index in [1.165, 1.54) is 22.3 Å². The van der Waals surface area contributed by atoms with Gasteiger partial charge in [0, 0.05) is 0 Å². The maximum atomic E-state index is 9.47. The summed E-state index contributed by atoms with van der Waals surface area (Å²) in [6.45, 7) is 0. The predicted octanol–water partition coefficient (Wildman–Crippen LogP) is 4.84. The Morgan fingerprint density at radius 1 is 0.571 bits per heavy atom. The van der Waals surface area contributed by atoms with Gasteiger partial charge in [0.05, 0.1) is 0 Å². The Kier molecular flexibility index (Phi) is 4.02. The maximum absolute atomic E-state index is 9.47. The van der Waals surface area contributed by atoms with Crippen molar-refractivity contribution in [2.45, 2.75) is 12.8 Å². The van der Waals surface area contributed by atoms with Crippen LogP contribution in [0.25, 0.3) is 11.1 Å². The number of rotatable bonds is 4. The van der Waals surface area contributed by atoms with Gasteiger partial charge in [-0.25, -0.2) is 0 Å². The van der Waals surface area contributed by atoms with Crippen molar-refractivity contribution in [1.29, 1.82) is 0 Å². The SMILES string of the molecule is Oc1cccc(CCc2ccc(-c3ccccc3)cc2)c1. The second-order valence-corrected chi connectivity index (χ2v) is 5.23. The lowest BCUT2D eigenvalue weighted by atomic mass is 10.0. The van der Waals surface area contributed by atoms with Crippen LogP contribution in [0.15, 0.2) is 78.9 Å². The first-order valence-electron chi connectivity index (χ1n) is 7.23. The van der Waals surface area contributed by atoms with Crippen molar-refractivity contribution in [3.8, 4) is 16.9 Å². The van der Waals surface area contributed by atoms with Gasteiger partial charge >= 0.3 is 0 Å². The lowest BCUT2D eigenvalue weighted by Crippen LogP contribution is -1.91. The molecular formula is C20H18O. The molecule has 0 spiro atoms. The molecule has 0 aliphatic heterocycles. The van der Waals surface area contributed by atoms with E-state index in [9.17, 15) is 5.11 Å². The van der Waals surface area contributed by atoms with Crippen molar-refractivity contribution in [2.75, 3.05) is 0 Å². The molecule has 0 heterocycles. The molecule has 3 aromatic carbocycles. The minimum Gasteiger partial charge on any atom is -0.508 e. The van der Waals surface area contributed by atoms with E-state index in [4.69, 9.17) is 0 Å². The highest BCUT2D eigenvalue weighted by Crippen LogP contribution is 2.20. The van der Waals surface area contributed by atoms with Crippen LogP contribution in [-0.4, -0.2) is 5.11 Å². The molecule has 0 bridgehead atoms. The number of phenolic OH excluding ortho intramolecular Hbond substituents is 1. The van der Waals surface area contributed by atoms with Crippen LogP contribution in [0.4, 0.5) is 0 Å². The van der Waals surface area contributed by atoms with Crippen molar-refractivity contribution in [3.63, 3.8) is 0 Å². The monoisotopic (exact) mass is 274 g/mol. The van der Waals surface area contributed by atoms with Gasteiger partial charge in [-0.1, -0.05) is 66.7 Å². The summed E-state index contributed by atoms with van der Waals surface area (Å²) in [6.07, 6.45) is 1.93. The van der Waals surface area contributed by atoms with Gasteiger partial charge in [-0.3, -0.25) is 0 Å². The molecule has 0 aliphatic rings. The molecule has 0 fully saturated rings. The van der Waals surface area contributed by atoms with Crippen molar-refractivity contribution in [2.24, 2.45) is 0 Å². The molecular weight excluding hydrogens is 256 g/mol. The third-order valence-corrected chi connectivity index (χ3v) is 3.67. The molecule has 21 heavy (non-hydrogen) atoms. The minimum absolute atomic E-state index is 0.340. The number of hydrogen-bond donors (Lipinski definition) is 1. The molecule has 3 rings (SSSR count). The van der Waals surface area contributed by atoms with Crippen LogP contribution in [-0.2, 0) is 12.8 Å². The van der Waals surface area contributed by atoms with Gasteiger partial charge in [0.2, 0.25) is 0 Å². The van der Waals surface area contributed by atoms with E-state index < -0.39 is 0 Å². The Morgan fingerprint density at radius 3 is 1.95 bits per heavy atom. The highest BCUT2D eigenvalue weighted by Gasteiger charge is 1.99. The Bertz CT molecular complexity index is 699. The fraction of sp³-hybridized carbons (Fsp3) is 0.100. The lowest BCUT2D eigenvalue weighted by Gasteiger charge is -2.05. The number of hydrogen-bond acceptors (Lipinski definition) is 1. The first kappa shape index (κ1) is 13.4. The number of benzene rings is 3. The Balaban J connectivity index is 1.68. The smallest absolute Gasteiger partial charge is 0.115 e. The van der Waals surface area contributed by atoms with Gasteiger partial charge in [0.25, 0.3) is 0 Å². The molecule has 1 N–H and O–H groups in total. The van der Waals surface area contributed by atoms with Gasteiger partial charge in [0.1, 0.15) is 5.75 Å². The normalized spacial score (nSPS) is 10.5. The average Bonchev–Trinajstić information content (AvgIpc) is 2.54. The summed E-state index contributed by atoms with van der Waals surface area (Å²) >= 11 is 0. The van der Waals surface area contributed by atoms with Crippen molar-refractivity contribution in [1.82, 2.24) is 0 Å². The Labute approximate surface area is 125 Å². The first-order chi connectivity index (χ1) is 10.3. The van der Waals surface area contributed by atoms with Crippen LogP contribution in [0.2, 0.25) is 0 Å². The van der Waals surface area contributed by atoms with Gasteiger partial charge in [-0.15, -0.1) is 0 Å². The van der Waals surface area contributed by atoms with Crippen LogP contribution < -0.4 is 0 Å². The van der Waals surface area contributed by atoms with E-state index in [1.54, 1.807) is 6.07 Å². The summed E-state index contributed by atoms with van der Waals surface area (Å²) < 4.78 is 0. The molecule has 0 saturated heterocycles. The zero-order valence-electron chi connectivity index (χ0n) is 11.9. The van der Waals surface area contributed by atoms with E-state index in [2.05, 4.69) is 54.6 Å². The predicted molar refractivity (Wildman–Crippen MR) is 87.4 cm³/mol. The topological polar surface area (TPSA) is 20.2 Å². The summed E-state index contributed by atoms with van der Waals surface area (Å²) in [6, 6.07) is 26.6. The largest absolute Gasteiger partial charge is 0.508 e. The molecule has 0 atom stereocenters. The van der Waals surface area contributed by atoms with Crippen LogP contribution in [0.1, 0.15) is 11.1 Å². The molecule has 0 saturated carbocycles. The Morgan fingerprint density at radius 2 is 1.24 bits per heavy atom. The van der Waals surface area contributed by atoms with Gasteiger partial charge in [-0.05, 0) is 47.2 Å². The highest BCUT2D eigenvalue weighted by atomic mass is 16.3. The molecule has 0 aliphatic carbocycles. The van der Waals surface area contributed by atoms with E-state index >= 15 is 0 Å². The quantitative estimate of drug-likeness (QED) is 0.721. The fourth-order valence-corrected chi connectivity index (χ4v) is 2.50. The minimum atomic E-state index is 0.340. The Hall–Kier alpha value is -2.54. The van der Waals surface area contributed by atoms with Crippen molar-refractivity contribution in [3.05, 3.63) is 90.0 Å². The molecule has 0 aromatic heterocycles. The van der Waals surface area contributed by atoms with E-state index in [-0.39, 0.29) is 0 Å². The van der Waals surface area contributed by atoms with Crippen molar-refractivity contribution >= 4 is 0 Å². The second kappa shape index (κ2) is 6.27. The van der Waals surface area contributed by atoms with Crippen LogP contribution in [0.5, 0.6) is 5.75 Å². The molecule has 0 radical (unpaired) electrons. The van der Waals surface area contributed by atoms with E-state index in [0.717, 1.165) is 12.8 Å². The maximum Gasteiger partial charge on any atom is 0.115 e. The lowest BCUT2D eigenvalue weighted by molar-refractivity contribution is 0.474. The second-order valence-electron chi connectivity index (χ2n) is 5.23. The summed E-state index contributed by atoms with van der Waals surface area (Å²) in [7, 11) is 0. The summed E-state index contributed by atoms with van der Waals surface area (Å²) in [5.74, 6) is 0.340. The summed E-state index contributed by atoms with van der Waals surface area (Å²) in [5.41, 5.74) is 4.98. The standard InChI is InChI=1S/C20H18O/c21-20-8-4-5-17(15-20)10-9-16-11-13-19(14-12-16)18-6-2-1-3-7-18/h1-8,11-15,21H,9-10H2. The number of aryl methyl sites for hydroxylation is 2. The molecule has 1 nitrogen and oxygen atoms in total. The number of phenols is 1. The zero-order valence-corrected chi connectivity index (χ0v) is 11.9. The third-order valence-electron chi connectivity index (χ3n) is 3.67. The zero-order chi connectivity index (χ0) is 14.5. The molecule has 104 valence electrons. The van der Waals surface area contributed by atoms with Crippen LogP contribution >= 0.6 is 0 Å². The van der Waals surface area contributed by atoms with E-state index in [1.807, 2.05) is 18.2 Å². The highest BCUT2D eigenvalue weighted by molar-refractivity contribution is 5.63. The van der Waals surface area contributed by atoms with Crippen molar-refractivity contribution < 1.29 is 5.11 Å². The fourth-order valence-electron chi connectivity index (χ4n) is 2.50. The third kappa shape index (κ3) is 3.51. The summed E-state index contributed by atoms with van der Waals surface area (Å²) in [4.78, 5) is 0. The molecule has 0 amide bonds. The molecule has 0 unspecified atom stereocenters.